The summed E-state index contributed by atoms with van der Waals surface area (Å²) in [5.41, 5.74) is 1.43. The van der Waals surface area contributed by atoms with Gasteiger partial charge < -0.3 is 0 Å². The van der Waals surface area contributed by atoms with Crippen molar-refractivity contribution in [2.45, 2.75) is 84.7 Å². The zero-order chi connectivity index (χ0) is 12.8. The Morgan fingerprint density at radius 3 is 2.06 bits per heavy atom. The van der Waals surface area contributed by atoms with Crippen LogP contribution in [0.3, 0.4) is 0 Å². The highest BCUT2D eigenvalue weighted by Crippen LogP contribution is 2.12. The van der Waals surface area contributed by atoms with E-state index in [1.54, 1.807) is 0 Å². The largest absolute Gasteiger partial charge is 0.253 e. The zero-order valence-electron chi connectivity index (χ0n) is 12.2. The quantitative estimate of drug-likeness (QED) is 0.616. The molecule has 0 amide bonds. The molecule has 18 heavy (non-hydrogen) atoms. The second-order valence-electron chi connectivity index (χ2n) is 5.84. The van der Waals surface area contributed by atoms with Gasteiger partial charge in [0.2, 0.25) is 0 Å². The zero-order valence-corrected chi connectivity index (χ0v) is 12.2. The average Bonchev–Trinajstić information content (AvgIpc) is 2.62. The molecule has 2 nitrogen and oxygen atoms in total. The smallest absolute Gasteiger partial charge is 0.234 e. The first-order chi connectivity index (χ1) is 8.79. The highest BCUT2D eigenvalue weighted by Gasteiger charge is 2.16. The molecule has 1 aromatic heterocycles. The Kier molecular flexibility index (Phi) is 5.27. The summed E-state index contributed by atoms with van der Waals surface area (Å²) in [5, 5.41) is 0. The Bertz CT molecular complexity index is 365. The van der Waals surface area contributed by atoms with Crippen LogP contribution in [0.4, 0.5) is 0 Å². The first-order valence-corrected chi connectivity index (χ1v) is 7.85. The molecule has 2 heterocycles. The number of hydrogen-bond donors (Lipinski definition) is 0. The van der Waals surface area contributed by atoms with Crippen LogP contribution in [0.15, 0.2) is 6.20 Å². The van der Waals surface area contributed by atoms with E-state index in [0.29, 0.717) is 0 Å². The third-order valence-electron chi connectivity index (χ3n) is 4.36. The molecule has 0 unspecified atom stereocenters. The lowest BCUT2D eigenvalue weighted by molar-refractivity contribution is -0.703. The van der Waals surface area contributed by atoms with E-state index in [0.717, 1.165) is 0 Å². The van der Waals surface area contributed by atoms with Crippen molar-refractivity contribution in [2.75, 3.05) is 0 Å². The molecule has 0 fully saturated rings. The molecule has 1 aromatic rings. The van der Waals surface area contributed by atoms with E-state index in [9.17, 15) is 0 Å². The van der Waals surface area contributed by atoms with Crippen LogP contribution in [0.5, 0.6) is 0 Å². The van der Waals surface area contributed by atoms with Crippen molar-refractivity contribution in [2.24, 2.45) is 0 Å². The highest BCUT2D eigenvalue weighted by molar-refractivity contribution is 4.95. The standard InChI is InChI=1S/C16H29N2/c1-15-14-17-12-10-8-6-4-3-5-7-9-11-13-18(15)16(17)2/h14H,3-13H2,1-2H3/q+1. The Hall–Kier alpha value is -0.790. The topological polar surface area (TPSA) is 8.81 Å². The second kappa shape index (κ2) is 6.96. The van der Waals surface area contributed by atoms with Gasteiger partial charge in [0, 0.05) is 13.8 Å². The molecule has 0 N–H and O–H groups in total. The van der Waals surface area contributed by atoms with Crippen molar-refractivity contribution >= 4 is 0 Å². The summed E-state index contributed by atoms with van der Waals surface area (Å²) in [6.45, 7) is 6.95. The summed E-state index contributed by atoms with van der Waals surface area (Å²) in [6.07, 6.45) is 15.0. The molecule has 2 bridgehead atoms. The van der Waals surface area contributed by atoms with Gasteiger partial charge in [0.15, 0.2) is 0 Å². The van der Waals surface area contributed by atoms with E-state index >= 15 is 0 Å². The predicted molar refractivity (Wildman–Crippen MR) is 75.7 cm³/mol. The summed E-state index contributed by atoms with van der Waals surface area (Å²) < 4.78 is 4.97. The molecule has 0 saturated heterocycles. The van der Waals surface area contributed by atoms with Crippen LogP contribution in [0.1, 0.15) is 69.3 Å². The summed E-state index contributed by atoms with van der Waals surface area (Å²) >= 11 is 0. The minimum atomic E-state index is 1.21. The molecule has 1 aliphatic rings. The van der Waals surface area contributed by atoms with Crippen LogP contribution < -0.4 is 4.57 Å². The van der Waals surface area contributed by atoms with Gasteiger partial charge in [-0.15, -0.1) is 0 Å². The maximum absolute atomic E-state index is 2.51. The highest BCUT2D eigenvalue weighted by atomic mass is 15.2. The maximum atomic E-state index is 2.51. The minimum absolute atomic E-state index is 1.21. The van der Waals surface area contributed by atoms with Gasteiger partial charge in [-0.1, -0.05) is 32.1 Å². The van der Waals surface area contributed by atoms with Gasteiger partial charge in [0.25, 0.3) is 5.82 Å². The molecular weight excluding hydrogens is 220 g/mol. The third kappa shape index (κ3) is 3.60. The molecule has 102 valence electrons. The maximum Gasteiger partial charge on any atom is 0.253 e. The van der Waals surface area contributed by atoms with Gasteiger partial charge in [-0.25, -0.2) is 9.13 Å². The average molecular weight is 249 g/mol. The van der Waals surface area contributed by atoms with Crippen molar-refractivity contribution in [1.82, 2.24) is 4.57 Å². The lowest BCUT2D eigenvalue weighted by atomic mass is 10.1. The summed E-state index contributed by atoms with van der Waals surface area (Å²) in [7, 11) is 0. The van der Waals surface area contributed by atoms with Gasteiger partial charge in [0.1, 0.15) is 11.9 Å². The second-order valence-corrected chi connectivity index (χ2v) is 5.84. The van der Waals surface area contributed by atoms with Gasteiger partial charge in [-0.05, 0) is 25.7 Å². The number of hydrogen-bond acceptors (Lipinski definition) is 0. The van der Waals surface area contributed by atoms with E-state index in [2.05, 4.69) is 29.2 Å². The molecule has 0 radical (unpaired) electrons. The number of nitrogens with zero attached hydrogens (tertiary/aromatic N) is 2. The Morgan fingerprint density at radius 2 is 1.39 bits per heavy atom. The number of aromatic nitrogens is 2. The van der Waals surface area contributed by atoms with Crippen molar-refractivity contribution < 1.29 is 4.57 Å². The fraction of sp³-hybridized carbons (Fsp3) is 0.812. The van der Waals surface area contributed by atoms with E-state index < -0.39 is 0 Å². The van der Waals surface area contributed by atoms with Crippen molar-refractivity contribution in [3.63, 3.8) is 0 Å². The van der Waals surface area contributed by atoms with Crippen LogP contribution in [0.25, 0.3) is 0 Å². The van der Waals surface area contributed by atoms with Gasteiger partial charge in [-0.3, -0.25) is 0 Å². The molecule has 0 saturated carbocycles. The fourth-order valence-corrected chi connectivity index (χ4v) is 3.15. The van der Waals surface area contributed by atoms with Crippen molar-refractivity contribution in [3.8, 4) is 0 Å². The van der Waals surface area contributed by atoms with Crippen molar-refractivity contribution in [1.29, 1.82) is 0 Å². The molecular formula is C16H29N2+. The normalized spacial score (nSPS) is 19.4. The van der Waals surface area contributed by atoms with Crippen LogP contribution in [-0.2, 0) is 13.1 Å². The van der Waals surface area contributed by atoms with E-state index in [4.69, 9.17) is 0 Å². The first-order valence-electron chi connectivity index (χ1n) is 7.85. The Morgan fingerprint density at radius 1 is 0.833 bits per heavy atom. The van der Waals surface area contributed by atoms with Crippen LogP contribution in [0, 0.1) is 13.8 Å². The van der Waals surface area contributed by atoms with Gasteiger partial charge in [0.05, 0.1) is 13.1 Å². The Balaban J connectivity index is 2.02. The minimum Gasteiger partial charge on any atom is -0.234 e. The number of aryl methyl sites for hydroxylation is 2. The third-order valence-corrected chi connectivity index (χ3v) is 4.36. The molecule has 0 spiro atoms. The van der Waals surface area contributed by atoms with Gasteiger partial charge in [-0.2, -0.15) is 0 Å². The Labute approximate surface area is 112 Å². The van der Waals surface area contributed by atoms with Gasteiger partial charge >= 0.3 is 0 Å². The predicted octanol–water partition coefficient (Wildman–Crippen LogP) is 3.92. The lowest BCUT2D eigenvalue weighted by Gasteiger charge is -2.05. The van der Waals surface area contributed by atoms with Crippen molar-refractivity contribution in [3.05, 3.63) is 17.7 Å². The van der Waals surface area contributed by atoms with Crippen LogP contribution in [-0.4, -0.2) is 4.57 Å². The monoisotopic (exact) mass is 249 g/mol. The SMILES string of the molecule is Cc1c[n+]2c(C)n1CCCCCCCCCCC2. The number of fused-ring (bicyclic) bond motifs is 2. The summed E-state index contributed by atoms with van der Waals surface area (Å²) in [5.74, 6) is 1.45. The molecule has 2 heteroatoms. The molecule has 2 rings (SSSR count). The summed E-state index contributed by atoms with van der Waals surface area (Å²) in [4.78, 5) is 0. The molecule has 0 aliphatic carbocycles. The van der Waals surface area contributed by atoms with E-state index in [1.807, 2.05) is 0 Å². The molecule has 0 aromatic carbocycles. The van der Waals surface area contributed by atoms with E-state index in [1.165, 1.54) is 82.4 Å². The molecule has 1 aliphatic heterocycles. The van der Waals surface area contributed by atoms with E-state index in [-0.39, 0.29) is 0 Å². The lowest BCUT2D eigenvalue weighted by Crippen LogP contribution is -2.35. The summed E-state index contributed by atoms with van der Waals surface area (Å²) in [6, 6.07) is 0. The fourth-order valence-electron chi connectivity index (χ4n) is 3.15. The number of imidazole rings is 1. The number of rotatable bonds is 0. The van der Waals surface area contributed by atoms with Crippen LogP contribution in [0.2, 0.25) is 0 Å². The van der Waals surface area contributed by atoms with Crippen LogP contribution >= 0.6 is 0 Å². The molecule has 0 atom stereocenters. The first kappa shape index (κ1) is 13.6.